The molecule has 2 rings (SSSR count). The first-order chi connectivity index (χ1) is 10.3. The number of aromatic nitrogens is 2. The molecule has 0 radical (unpaired) electrons. The Balaban J connectivity index is 2.10. The molecule has 0 fully saturated rings. The monoisotopic (exact) mass is 304 g/mol. The number of aryl methyl sites for hydroxylation is 1. The van der Waals surface area contributed by atoms with Gasteiger partial charge in [-0.25, -0.2) is 4.98 Å². The largest absolute Gasteiger partial charge is 0.391 e. The Morgan fingerprint density at radius 1 is 1.10 bits per heavy atom. The van der Waals surface area contributed by atoms with Gasteiger partial charge in [-0.15, -0.1) is 0 Å². The maximum Gasteiger partial charge on any atom is 0.372 e. The van der Waals surface area contributed by atoms with Gasteiger partial charge in [-0.3, -0.25) is 0 Å². The van der Waals surface area contributed by atoms with Crippen molar-refractivity contribution in [1.29, 1.82) is 0 Å². The Hall–Kier alpha value is -1.43. The van der Waals surface area contributed by atoms with E-state index in [2.05, 4.69) is 33.8 Å². The third-order valence-corrected chi connectivity index (χ3v) is 7.18. The second-order valence-electron chi connectivity index (χ2n) is 4.89. The molecule has 0 atom stereocenters. The van der Waals surface area contributed by atoms with Crippen molar-refractivity contribution in [3.8, 4) is 0 Å². The molecule has 1 heterocycles. The van der Waals surface area contributed by atoms with Gasteiger partial charge in [0.1, 0.15) is 0 Å². The number of imidazole rings is 1. The molecule has 0 aliphatic heterocycles. The first kappa shape index (κ1) is 15.9. The van der Waals surface area contributed by atoms with Crippen molar-refractivity contribution in [3.63, 3.8) is 0 Å². The van der Waals surface area contributed by atoms with Crippen LogP contribution in [0.1, 0.15) is 20.3 Å². The molecule has 2 aromatic rings. The van der Waals surface area contributed by atoms with Crippen LogP contribution in [0, 0.1) is 0 Å². The molecule has 0 spiro atoms. The third-order valence-electron chi connectivity index (χ3n) is 3.45. The van der Waals surface area contributed by atoms with Crippen LogP contribution >= 0.6 is 0 Å². The van der Waals surface area contributed by atoms with E-state index >= 15 is 0 Å². The minimum atomic E-state index is -2.34. The molecule has 0 saturated heterocycles. The van der Waals surface area contributed by atoms with E-state index in [1.807, 2.05) is 38.6 Å². The van der Waals surface area contributed by atoms with Gasteiger partial charge in [0, 0.05) is 32.2 Å². The van der Waals surface area contributed by atoms with Crippen LogP contribution in [0.15, 0.2) is 49.1 Å². The van der Waals surface area contributed by atoms with E-state index in [9.17, 15) is 0 Å². The Bertz CT molecular complexity index is 496. The Kier molecular flexibility index (Phi) is 6.16. The van der Waals surface area contributed by atoms with Crippen LogP contribution in [0.25, 0.3) is 0 Å². The second-order valence-corrected chi connectivity index (χ2v) is 8.05. The van der Waals surface area contributed by atoms with Crippen molar-refractivity contribution in [2.45, 2.75) is 32.9 Å². The highest BCUT2D eigenvalue weighted by Crippen LogP contribution is 2.17. The van der Waals surface area contributed by atoms with Crippen LogP contribution in [-0.4, -0.2) is 31.3 Å². The van der Waals surface area contributed by atoms with Gasteiger partial charge in [0.25, 0.3) is 0 Å². The van der Waals surface area contributed by atoms with Crippen molar-refractivity contribution in [2.24, 2.45) is 0 Å². The molecule has 0 aliphatic rings. The van der Waals surface area contributed by atoms with E-state index in [0.29, 0.717) is 13.2 Å². The van der Waals surface area contributed by atoms with E-state index in [-0.39, 0.29) is 0 Å². The highest BCUT2D eigenvalue weighted by Gasteiger charge is 2.38. The summed E-state index contributed by atoms with van der Waals surface area (Å²) in [5.74, 6) is 0. The number of benzene rings is 1. The van der Waals surface area contributed by atoms with Crippen LogP contribution in [0.2, 0.25) is 6.04 Å². The van der Waals surface area contributed by atoms with Gasteiger partial charge in [-0.05, 0) is 31.5 Å². The summed E-state index contributed by atoms with van der Waals surface area (Å²) in [6.07, 6.45) is 6.69. The molecule has 5 heteroatoms. The Morgan fingerprint density at radius 3 is 2.38 bits per heavy atom. The standard InChI is InChI=1S/C16H24N2O2Si/c1-3-19-21(20-4-2,16-9-6-5-7-10-16)14-8-12-18-13-11-17-15-18/h5-7,9-11,13,15H,3-4,8,12,14H2,1-2H3. The van der Waals surface area contributed by atoms with Gasteiger partial charge in [0.15, 0.2) is 0 Å². The lowest BCUT2D eigenvalue weighted by molar-refractivity contribution is 0.194. The van der Waals surface area contributed by atoms with Crippen molar-refractivity contribution < 1.29 is 8.85 Å². The third kappa shape index (κ3) is 4.26. The summed E-state index contributed by atoms with van der Waals surface area (Å²) in [5, 5.41) is 1.22. The Morgan fingerprint density at radius 2 is 1.81 bits per heavy atom. The predicted octanol–water partition coefficient (Wildman–Crippen LogP) is 2.70. The summed E-state index contributed by atoms with van der Waals surface area (Å²) in [6, 6.07) is 11.4. The summed E-state index contributed by atoms with van der Waals surface area (Å²) in [7, 11) is -2.34. The topological polar surface area (TPSA) is 36.3 Å². The summed E-state index contributed by atoms with van der Waals surface area (Å²) in [5.41, 5.74) is 0. The molecule has 114 valence electrons. The molecule has 0 unspecified atom stereocenters. The van der Waals surface area contributed by atoms with Crippen LogP contribution < -0.4 is 5.19 Å². The molecule has 0 N–H and O–H groups in total. The van der Waals surface area contributed by atoms with Crippen molar-refractivity contribution in [2.75, 3.05) is 13.2 Å². The van der Waals surface area contributed by atoms with E-state index < -0.39 is 8.56 Å². The van der Waals surface area contributed by atoms with Crippen LogP contribution in [0.5, 0.6) is 0 Å². The predicted molar refractivity (Wildman–Crippen MR) is 86.7 cm³/mol. The van der Waals surface area contributed by atoms with Gasteiger partial charge in [0.05, 0.1) is 6.33 Å². The molecule has 1 aromatic carbocycles. The van der Waals surface area contributed by atoms with Crippen LogP contribution in [0.3, 0.4) is 0 Å². The molecule has 21 heavy (non-hydrogen) atoms. The van der Waals surface area contributed by atoms with Gasteiger partial charge in [0.2, 0.25) is 0 Å². The molecule has 0 amide bonds. The SMILES string of the molecule is CCO[Si](CCCn1ccnc1)(OCC)c1ccccc1. The maximum absolute atomic E-state index is 6.17. The molecule has 0 bridgehead atoms. The average Bonchev–Trinajstić information content (AvgIpc) is 3.02. The van der Waals surface area contributed by atoms with E-state index in [4.69, 9.17) is 8.85 Å². The van der Waals surface area contributed by atoms with Crippen molar-refractivity contribution in [1.82, 2.24) is 9.55 Å². The molecular weight excluding hydrogens is 280 g/mol. The zero-order chi connectivity index (χ0) is 15.0. The minimum Gasteiger partial charge on any atom is -0.391 e. The summed E-state index contributed by atoms with van der Waals surface area (Å²) in [6.45, 7) is 6.40. The van der Waals surface area contributed by atoms with Crippen molar-refractivity contribution in [3.05, 3.63) is 49.1 Å². The van der Waals surface area contributed by atoms with Gasteiger partial charge >= 0.3 is 8.56 Å². The lowest BCUT2D eigenvalue weighted by atomic mass is 10.4. The molecule has 1 aromatic heterocycles. The summed E-state index contributed by atoms with van der Waals surface area (Å²) in [4.78, 5) is 4.08. The minimum absolute atomic E-state index is 0.687. The molecular formula is C16H24N2O2Si. The fourth-order valence-corrected chi connectivity index (χ4v) is 5.82. The fourth-order valence-electron chi connectivity index (χ4n) is 2.57. The average molecular weight is 304 g/mol. The zero-order valence-corrected chi connectivity index (χ0v) is 13.9. The number of hydrogen-bond acceptors (Lipinski definition) is 3. The zero-order valence-electron chi connectivity index (χ0n) is 12.9. The Labute approximate surface area is 128 Å². The first-order valence-corrected chi connectivity index (χ1v) is 9.62. The van der Waals surface area contributed by atoms with E-state index in [1.54, 1.807) is 0 Å². The smallest absolute Gasteiger partial charge is 0.372 e. The first-order valence-electron chi connectivity index (χ1n) is 7.60. The fraction of sp³-hybridized carbons (Fsp3) is 0.438. The van der Waals surface area contributed by atoms with Gasteiger partial charge in [-0.2, -0.15) is 0 Å². The lowest BCUT2D eigenvalue weighted by Gasteiger charge is -2.30. The number of hydrogen-bond donors (Lipinski definition) is 0. The van der Waals surface area contributed by atoms with Crippen molar-refractivity contribution >= 4 is 13.7 Å². The number of rotatable bonds is 9. The van der Waals surface area contributed by atoms with E-state index in [1.165, 1.54) is 5.19 Å². The normalized spacial score (nSPS) is 11.7. The quantitative estimate of drug-likeness (QED) is 0.668. The second kappa shape index (κ2) is 8.12. The summed E-state index contributed by atoms with van der Waals surface area (Å²) < 4.78 is 14.4. The lowest BCUT2D eigenvalue weighted by Crippen LogP contribution is -2.54. The van der Waals surface area contributed by atoms with Crippen LogP contribution in [0.4, 0.5) is 0 Å². The summed E-state index contributed by atoms with van der Waals surface area (Å²) >= 11 is 0. The molecule has 0 saturated carbocycles. The van der Waals surface area contributed by atoms with Gasteiger partial charge < -0.3 is 13.4 Å². The molecule has 4 nitrogen and oxygen atoms in total. The highest BCUT2D eigenvalue weighted by atomic mass is 28.4. The number of nitrogens with zero attached hydrogens (tertiary/aromatic N) is 2. The maximum atomic E-state index is 6.17. The van der Waals surface area contributed by atoms with E-state index in [0.717, 1.165) is 19.0 Å². The van der Waals surface area contributed by atoms with Crippen LogP contribution in [-0.2, 0) is 15.4 Å². The van der Waals surface area contributed by atoms with Gasteiger partial charge in [-0.1, -0.05) is 30.3 Å². The molecule has 0 aliphatic carbocycles. The highest BCUT2D eigenvalue weighted by molar-refractivity contribution is 6.81.